The number of rotatable bonds is 1. The monoisotopic (exact) mass is 245 g/mol. The van der Waals surface area contributed by atoms with Gasteiger partial charge in [-0.15, -0.1) is 0 Å². The first kappa shape index (κ1) is 12.4. The molecular weight excluding hydrogens is 222 g/mol. The molecule has 0 amide bonds. The van der Waals surface area contributed by atoms with Gasteiger partial charge in [-0.05, 0) is 38.0 Å². The normalized spacial score (nSPS) is 43.0. The van der Waals surface area contributed by atoms with Crippen LogP contribution in [0.3, 0.4) is 0 Å². The number of hydrogen-bond acceptors (Lipinski definition) is 3. The molecule has 4 heteroatoms. The van der Waals surface area contributed by atoms with Gasteiger partial charge in [0.2, 0.25) is 0 Å². The van der Waals surface area contributed by atoms with Crippen LogP contribution >= 0.6 is 0 Å². The number of nitrogens with one attached hydrogen (secondary N) is 1. The van der Waals surface area contributed by atoms with Crippen molar-refractivity contribution in [3.63, 3.8) is 0 Å². The Labute approximate surface area is 98.9 Å². The van der Waals surface area contributed by atoms with Gasteiger partial charge in [0.1, 0.15) is 0 Å². The van der Waals surface area contributed by atoms with Crippen molar-refractivity contribution < 1.29 is 8.42 Å². The van der Waals surface area contributed by atoms with Gasteiger partial charge in [-0.3, -0.25) is 0 Å². The minimum atomic E-state index is -2.86. The van der Waals surface area contributed by atoms with Crippen molar-refractivity contribution in [2.75, 3.05) is 5.75 Å². The molecule has 0 spiro atoms. The lowest BCUT2D eigenvalue weighted by Crippen LogP contribution is -2.58. The standard InChI is InChI=1S/C12H23NO2S/c1-8(2)10-4-5-11-12(6-10)16(14,15)7-9(3)13-11/h8-13H,4-7H2,1-3H3. The zero-order chi connectivity index (χ0) is 11.9. The van der Waals surface area contributed by atoms with E-state index in [0.29, 0.717) is 17.6 Å². The molecule has 0 aromatic carbocycles. The van der Waals surface area contributed by atoms with Crippen LogP contribution in [0.25, 0.3) is 0 Å². The Morgan fingerprint density at radius 1 is 1.25 bits per heavy atom. The third-order valence-corrected chi connectivity index (χ3v) is 6.63. The smallest absolute Gasteiger partial charge is 0.156 e. The fraction of sp³-hybridized carbons (Fsp3) is 1.00. The summed E-state index contributed by atoms with van der Waals surface area (Å²) in [6, 6.07) is 0.339. The summed E-state index contributed by atoms with van der Waals surface area (Å²) in [6.45, 7) is 6.38. The van der Waals surface area contributed by atoms with Crippen LogP contribution < -0.4 is 5.32 Å². The molecule has 94 valence electrons. The van der Waals surface area contributed by atoms with E-state index in [9.17, 15) is 8.42 Å². The molecule has 0 aromatic rings. The van der Waals surface area contributed by atoms with E-state index in [1.165, 1.54) is 6.42 Å². The van der Waals surface area contributed by atoms with E-state index in [-0.39, 0.29) is 17.3 Å². The van der Waals surface area contributed by atoms with Crippen molar-refractivity contribution in [3.05, 3.63) is 0 Å². The van der Waals surface area contributed by atoms with Crippen LogP contribution in [0.1, 0.15) is 40.0 Å². The Balaban J connectivity index is 2.16. The van der Waals surface area contributed by atoms with Gasteiger partial charge in [0, 0.05) is 12.1 Å². The van der Waals surface area contributed by atoms with E-state index < -0.39 is 9.84 Å². The van der Waals surface area contributed by atoms with Gasteiger partial charge in [0.25, 0.3) is 0 Å². The lowest BCUT2D eigenvalue weighted by Gasteiger charge is -2.42. The molecule has 2 aliphatic rings. The summed E-state index contributed by atoms with van der Waals surface area (Å²) in [5.74, 6) is 1.51. The molecular formula is C12H23NO2S. The van der Waals surface area contributed by atoms with E-state index in [2.05, 4.69) is 19.2 Å². The second-order valence-electron chi connectivity index (χ2n) is 5.86. The number of hydrogen-bond donors (Lipinski definition) is 1. The molecule has 4 unspecified atom stereocenters. The highest BCUT2D eigenvalue weighted by atomic mass is 32.2. The Kier molecular flexibility index (Phi) is 3.32. The second-order valence-corrected chi connectivity index (χ2v) is 8.12. The number of fused-ring (bicyclic) bond motifs is 1. The fourth-order valence-electron chi connectivity index (χ4n) is 3.24. The molecule has 1 aliphatic heterocycles. The lowest BCUT2D eigenvalue weighted by atomic mass is 9.79. The fourth-order valence-corrected chi connectivity index (χ4v) is 5.53. The summed E-state index contributed by atoms with van der Waals surface area (Å²) < 4.78 is 24.3. The van der Waals surface area contributed by atoms with Crippen molar-refractivity contribution in [1.29, 1.82) is 0 Å². The summed E-state index contributed by atoms with van der Waals surface area (Å²) in [7, 11) is -2.86. The summed E-state index contributed by atoms with van der Waals surface area (Å²) in [5, 5.41) is 3.33. The Bertz CT molecular complexity index is 350. The third-order valence-electron chi connectivity index (χ3n) is 4.22. The van der Waals surface area contributed by atoms with Gasteiger partial charge in [-0.25, -0.2) is 8.42 Å². The van der Waals surface area contributed by atoms with Crippen LogP contribution in [-0.2, 0) is 9.84 Å². The highest BCUT2D eigenvalue weighted by Gasteiger charge is 2.43. The van der Waals surface area contributed by atoms with Crippen molar-refractivity contribution in [1.82, 2.24) is 5.32 Å². The van der Waals surface area contributed by atoms with E-state index in [1.807, 2.05) is 6.92 Å². The molecule has 1 aliphatic carbocycles. The molecule has 0 bridgehead atoms. The Hall–Kier alpha value is -0.0900. The molecule has 4 atom stereocenters. The molecule has 1 saturated carbocycles. The van der Waals surface area contributed by atoms with Crippen LogP contribution in [0.4, 0.5) is 0 Å². The molecule has 2 fully saturated rings. The van der Waals surface area contributed by atoms with Crippen LogP contribution in [-0.4, -0.2) is 31.5 Å². The molecule has 3 nitrogen and oxygen atoms in total. The van der Waals surface area contributed by atoms with Gasteiger partial charge in [-0.1, -0.05) is 13.8 Å². The number of sulfone groups is 1. The van der Waals surface area contributed by atoms with Gasteiger partial charge < -0.3 is 5.32 Å². The van der Waals surface area contributed by atoms with Gasteiger partial charge in [0.05, 0.1) is 11.0 Å². The van der Waals surface area contributed by atoms with Crippen LogP contribution in [0.2, 0.25) is 0 Å². The Morgan fingerprint density at radius 3 is 2.56 bits per heavy atom. The minimum Gasteiger partial charge on any atom is -0.309 e. The zero-order valence-electron chi connectivity index (χ0n) is 10.4. The zero-order valence-corrected chi connectivity index (χ0v) is 11.3. The third kappa shape index (κ3) is 2.28. The van der Waals surface area contributed by atoms with Gasteiger partial charge >= 0.3 is 0 Å². The summed E-state index contributed by atoms with van der Waals surface area (Å²) in [6.07, 6.45) is 3.07. The largest absolute Gasteiger partial charge is 0.309 e. The van der Waals surface area contributed by atoms with E-state index in [4.69, 9.17) is 0 Å². The maximum atomic E-state index is 12.2. The first-order valence-corrected chi connectivity index (χ1v) is 8.09. The molecule has 1 N–H and O–H groups in total. The van der Waals surface area contributed by atoms with E-state index in [1.54, 1.807) is 0 Å². The maximum absolute atomic E-state index is 12.2. The van der Waals surface area contributed by atoms with Crippen molar-refractivity contribution in [2.24, 2.45) is 11.8 Å². The SMILES string of the molecule is CC1CS(=O)(=O)C2CC(C(C)C)CCC2N1. The van der Waals surface area contributed by atoms with Gasteiger partial charge in [-0.2, -0.15) is 0 Å². The summed E-state index contributed by atoms with van der Waals surface area (Å²) in [4.78, 5) is 0. The quantitative estimate of drug-likeness (QED) is 0.763. The topological polar surface area (TPSA) is 46.2 Å². The minimum absolute atomic E-state index is 0.121. The molecule has 0 aromatic heterocycles. The van der Waals surface area contributed by atoms with E-state index in [0.717, 1.165) is 12.8 Å². The first-order valence-electron chi connectivity index (χ1n) is 6.38. The van der Waals surface area contributed by atoms with Crippen molar-refractivity contribution in [2.45, 2.75) is 57.4 Å². The maximum Gasteiger partial charge on any atom is 0.156 e. The first-order chi connectivity index (χ1) is 7.40. The van der Waals surface area contributed by atoms with Crippen LogP contribution in [0, 0.1) is 11.8 Å². The average Bonchev–Trinajstić information content (AvgIpc) is 2.15. The molecule has 1 heterocycles. The van der Waals surface area contributed by atoms with E-state index >= 15 is 0 Å². The predicted octanol–water partition coefficient (Wildman–Crippen LogP) is 1.59. The lowest BCUT2D eigenvalue weighted by molar-refractivity contribution is 0.227. The summed E-state index contributed by atoms with van der Waals surface area (Å²) >= 11 is 0. The Morgan fingerprint density at radius 2 is 1.94 bits per heavy atom. The van der Waals surface area contributed by atoms with Gasteiger partial charge in [0.15, 0.2) is 9.84 Å². The van der Waals surface area contributed by atoms with Crippen LogP contribution in [0.15, 0.2) is 0 Å². The molecule has 1 saturated heterocycles. The predicted molar refractivity (Wildman–Crippen MR) is 66.1 cm³/mol. The molecule has 0 radical (unpaired) electrons. The van der Waals surface area contributed by atoms with Crippen molar-refractivity contribution in [3.8, 4) is 0 Å². The molecule has 16 heavy (non-hydrogen) atoms. The highest BCUT2D eigenvalue weighted by molar-refractivity contribution is 7.92. The summed E-state index contributed by atoms with van der Waals surface area (Å²) in [5.41, 5.74) is 0. The van der Waals surface area contributed by atoms with Crippen molar-refractivity contribution >= 4 is 9.84 Å². The van der Waals surface area contributed by atoms with Crippen LogP contribution in [0.5, 0.6) is 0 Å². The molecule has 2 rings (SSSR count). The second kappa shape index (κ2) is 4.30. The highest BCUT2D eigenvalue weighted by Crippen LogP contribution is 2.35. The average molecular weight is 245 g/mol.